The fourth-order valence-electron chi connectivity index (χ4n) is 10.7. The largest absolute Gasteiger partial charge is 0.454 e. The molecule has 2 aliphatic carbocycles. The zero-order chi connectivity index (χ0) is 38.7. The summed E-state index contributed by atoms with van der Waals surface area (Å²) in [5.74, 6) is 0. The van der Waals surface area contributed by atoms with Gasteiger partial charge in [-0.3, -0.25) is 0 Å². The summed E-state index contributed by atoms with van der Waals surface area (Å²) in [6.45, 7) is 0. The van der Waals surface area contributed by atoms with E-state index in [4.69, 9.17) is 4.42 Å². The van der Waals surface area contributed by atoms with Gasteiger partial charge in [0.05, 0.1) is 16.8 Å². The van der Waals surface area contributed by atoms with E-state index in [0.717, 1.165) is 39.0 Å². The Morgan fingerprint density at radius 2 is 0.915 bits per heavy atom. The van der Waals surface area contributed by atoms with Crippen molar-refractivity contribution in [3.05, 3.63) is 235 Å². The third kappa shape index (κ3) is 4.35. The van der Waals surface area contributed by atoms with Crippen LogP contribution in [0.3, 0.4) is 0 Å². The summed E-state index contributed by atoms with van der Waals surface area (Å²) < 4.78 is 6.99. The molecule has 0 N–H and O–H groups in total. The van der Waals surface area contributed by atoms with E-state index in [2.05, 4.69) is 217 Å². The number of nitrogens with zero attached hydrogens (tertiary/aromatic N) is 1. The van der Waals surface area contributed by atoms with Crippen molar-refractivity contribution in [2.75, 3.05) is 4.90 Å². The summed E-state index contributed by atoms with van der Waals surface area (Å²) in [5, 5.41) is 7.09. The smallest absolute Gasteiger partial charge is 0.160 e. The highest BCUT2D eigenvalue weighted by atomic mass is 16.3. The molecule has 1 aromatic heterocycles. The number of fused-ring (bicyclic) bond motifs is 16. The van der Waals surface area contributed by atoms with Gasteiger partial charge < -0.3 is 9.32 Å². The Morgan fingerprint density at radius 1 is 0.373 bits per heavy atom. The third-order valence-corrected chi connectivity index (χ3v) is 13.1. The van der Waals surface area contributed by atoms with Crippen LogP contribution in [0, 0.1) is 0 Å². The molecule has 2 aliphatic rings. The summed E-state index contributed by atoms with van der Waals surface area (Å²) in [6.07, 6.45) is 0. The van der Waals surface area contributed by atoms with Crippen LogP contribution in [0.4, 0.5) is 17.1 Å². The van der Waals surface area contributed by atoms with E-state index in [-0.39, 0.29) is 0 Å². The Labute approximate surface area is 341 Å². The molecule has 0 atom stereocenters. The van der Waals surface area contributed by atoms with E-state index in [9.17, 15) is 0 Å². The molecular weight excluding hydrogens is 715 g/mol. The van der Waals surface area contributed by atoms with E-state index in [0.29, 0.717) is 0 Å². The molecular formula is C57H35NO. The van der Waals surface area contributed by atoms with Crippen LogP contribution in [-0.2, 0) is 5.41 Å². The van der Waals surface area contributed by atoms with Gasteiger partial charge in [0.15, 0.2) is 5.58 Å². The van der Waals surface area contributed by atoms with Crippen molar-refractivity contribution in [2.24, 2.45) is 0 Å². The Balaban J connectivity index is 1.13. The maximum Gasteiger partial charge on any atom is 0.160 e. The minimum Gasteiger partial charge on any atom is -0.454 e. The molecule has 1 heterocycles. The SMILES string of the molecule is c1ccc2c(c1)-c1ccccc1C21c2ccccc2-c2c(N(c3ccc(-c4cccc5ccccc45)cc3)c3cc4ccccc4c4c3oc3ccccc34)cccc21. The molecule has 0 bridgehead atoms. The van der Waals surface area contributed by atoms with Crippen LogP contribution in [-0.4, -0.2) is 0 Å². The van der Waals surface area contributed by atoms with Gasteiger partial charge in [-0.2, -0.15) is 0 Å². The van der Waals surface area contributed by atoms with Gasteiger partial charge in [-0.1, -0.05) is 182 Å². The molecule has 0 amide bonds. The molecule has 10 aromatic carbocycles. The molecule has 0 aliphatic heterocycles. The van der Waals surface area contributed by atoms with Crippen LogP contribution in [0.5, 0.6) is 0 Å². The van der Waals surface area contributed by atoms with Crippen LogP contribution in [0.15, 0.2) is 217 Å². The number of hydrogen-bond acceptors (Lipinski definition) is 2. The van der Waals surface area contributed by atoms with E-state index in [1.54, 1.807) is 0 Å². The lowest BCUT2D eigenvalue weighted by Crippen LogP contribution is -2.26. The molecule has 13 rings (SSSR count). The number of rotatable bonds is 4. The van der Waals surface area contributed by atoms with Crippen LogP contribution in [0.1, 0.15) is 22.3 Å². The molecule has 11 aromatic rings. The lowest BCUT2D eigenvalue weighted by Gasteiger charge is -2.32. The van der Waals surface area contributed by atoms with Gasteiger partial charge in [-0.15, -0.1) is 0 Å². The van der Waals surface area contributed by atoms with Crippen molar-refractivity contribution in [3.8, 4) is 33.4 Å². The summed E-state index contributed by atoms with van der Waals surface area (Å²) in [6, 6.07) is 77.9. The van der Waals surface area contributed by atoms with Gasteiger partial charge in [-0.25, -0.2) is 0 Å². The molecule has 2 heteroatoms. The van der Waals surface area contributed by atoms with Crippen LogP contribution >= 0.6 is 0 Å². The van der Waals surface area contributed by atoms with Crippen molar-refractivity contribution in [1.29, 1.82) is 0 Å². The van der Waals surface area contributed by atoms with Crippen molar-refractivity contribution < 1.29 is 4.42 Å². The van der Waals surface area contributed by atoms with E-state index < -0.39 is 5.41 Å². The molecule has 0 fully saturated rings. The molecule has 1 spiro atoms. The predicted molar refractivity (Wildman–Crippen MR) is 245 cm³/mol. The maximum absolute atomic E-state index is 6.99. The van der Waals surface area contributed by atoms with Crippen molar-refractivity contribution in [1.82, 2.24) is 0 Å². The first-order valence-electron chi connectivity index (χ1n) is 20.4. The average Bonchev–Trinajstić information content (AvgIpc) is 3.95. The average molecular weight is 750 g/mol. The quantitative estimate of drug-likeness (QED) is 0.178. The topological polar surface area (TPSA) is 16.4 Å². The van der Waals surface area contributed by atoms with Gasteiger partial charge in [-0.05, 0) is 102 Å². The number of para-hydroxylation sites is 1. The second-order valence-corrected chi connectivity index (χ2v) is 15.9. The van der Waals surface area contributed by atoms with E-state index in [1.807, 2.05) is 0 Å². The fraction of sp³-hybridized carbons (Fsp3) is 0.0175. The Kier molecular flexibility index (Phi) is 6.68. The van der Waals surface area contributed by atoms with E-state index in [1.165, 1.54) is 77.2 Å². The van der Waals surface area contributed by atoms with Crippen LogP contribution in [0.2, 0.25) is 0 Å². The molecule has 0 unspecified atom stereocenters. The van der Waals surface area contributed by atoms with Crippen molar-refractivity contribution in [3.63, 3.8) is 0 Å². The number of anilines is 3. The lowest BCUT2D eigenvalue weighted by atomic mass is 9.70. The Hall–Kier alpha value is -7.68. The van der Waals surface area contributed by atoms with Gasteiger partial charge in [0, 0.05) is 22.0 Å². The first kappa shape index (κ1) is 32.4. The summed E-state index contributed by atoms with van der Waals surface area (Å²) in [4.78, 5) is 2.46. The number of furan rings is 1. The normalized spacial score (nSPS) is 13.2. The van der Waals surface area contributed by atoms with Gasteiger partial charge in [0.25, 0.3) is 0 Å². The van der Waals surface area contributed by atoms with Crippen LogP contribution in [0.25, 0.3) is 76.9 Å². The summed E-state index contributed by atoms with van der Waals surface area (Å²) in [7, 11) is 0. The van der Waals surface area contributed by atoms with Crippen molar-refractivity contribution in [2.45, 2.75) is 5.41 Å². The van der Waals surface area contributed by atoms with E-state index >= 15 is 0 Å². The molecule has 0 saturated heterocycles. The number of benzene rings is 10. The highest BCUT2D eigenvalue weighted by molar-refractivity contribution is 6.23. The van der Waals surface area contributed by atoms with Crippen molar-refractivity contribution >= 4 is 60.5 Å². The Morgan fingerprint density at radius 3 is 1.68 bits per heavy atom. The first-order valence-corrected chi connectivity index (χ1v) is 20.4. The molecule has 274 valence electrons. The molecule has 0 saturated carbocycles. The zero-order valence-electron chi connectivity index (χ0n) is 32.1. The predicted octanol–water partition coefficient (Wildman–Crippen LogP) is 15.4. The van der Waals surface area contributed by atoms with Gasteiger partial charge in [0.1, 0.15) is 5.58 Å². The summed E-state index contributed by atoms with van der Waals surface area (Å²) >= 11 is 0. The fourth-order valence-corrected chi connectivity index (χ4v) is 10.7. The summed E-state index contributed by atoms with van der Waals surface area (Å²) in [5.41, 5.74) is 17.3. The van der Waals surface area contributed by atoms with Gasteiger partial charge >= 0.3 is 0 Å². The maximum atomic E-state index is 6.99. The molecule has 59 heavy (non-hydrogen) atoms. The minimum atomic E-state index is -0.461. The first-order chi connectivity index (χ1) is 29.3. The Bertz CT molecular complexity index is 3470. The van der Waals surface area contributed by atoms with Crippen LogP contribution < -0.4 is 4.90 Å². The lowest BCUT2D eigenvalue weighted by molar-refractivity contribution is 0.669. The second kappa shape index (κ2) is 12.2. The monoisotopic (exact) mass is 749 g/mol. The highest BCUT2D eigenvalue weighted by Crippen LogP contribution is 2.65. The van der Waals surface area contributed by atoms with Gasteiger partial charge in [0.2, 0.25) is 0 Å². The third-order valence-electron chi connectivity index (χ3n) is 13.1. The molecule has 0 radical (unpaired) electrons. The zero-order valence-corrected chi connectivity index (χ0v) is 32.1. The molecule has 2 nitrogen and oxygen atoms in total. The number of hydrogen-bond donors (Lipinski definition) is 0. The minimum absolute atomic E-state index is 0.461. The standard InChI is InChI=1S/C57H35NO/c1-3-18-40-36(15-1)17-13-24-41(40)37-31-33-39(34-32-37)58(52-35-38-16-2-4-19-42(38)54-46-23-8-12-30-53(46)59-56(52)54)51-29-14-28-50-55(51)45-22-7-11-27-49(45)57(50)47-25-9-5-20-43(47)44-21-6-10-26-48(44)57/h1-35H. The second-order valence-electron chi connectivity index (χ2n) is 15.9. The highest BCUT2D eigenvalue weighted by Gasteiger charge is 2.52.